The van der Waals surface area contributed by atoms with Gasteiger partial charge in [-0.25, -0.2) is 18.0 Å². The molecule has 0 saturated heterocycles. The number of nitrogens with two attached hydrogens (primary N) is 1. The molecule has 0 aliphatic carbocycles. The minimum atomic E-state index is -3.69. The molecule has 0 bridgehead atoms. The molecule has 13 nitrogen and oxygen atoms in total. The van der Waals surface area contributed by atoms with Crippen molar-refractivity contribution in [2.75, 3.05) is 61.7 Å². The highest BCUT2D eigenvalue weighted by Gasteiger charge is 2.25. The van der Waals surface area contributed by atoms with Crippen molar-refractivity contribution in [3.05, 3.63) is 129 Å². The Bertz CT molecular complexity index is 2220. The topological polar surface area (TPSA) is 172 Å². The second-order valence-corrected chi connectivity index (χ2v) is 19.9. The Morgan fingerprint density at radius 2 is 1.03 bits per heavy atom. The van der Waals surface area contributed by atoms with Crippen molar-refractivity contribution < 1.29 is 46.5 Å². The Kier molecular flexibility index (Phi) is 32.5. The lowest BCUT2D eigenvalue weighted by Gasteiger charge is -2.21. The molecule has 390 valence electrons. The zero-order valence-electron chi connectivity index (χ0n) is 44.1. The molecule has 0 unspecified atom stereocenters. The van der Waals surface area contributed by atoms with Gasteiger partial charge in [0.15, 0.2) is 0 Å². The van der Waals surface area contributed by atoms with Gasteiger partial charge in [-0.3, -0.25) is 4.79 Å². The summed E-state index contributed by atoms with van der Waals surface area (Å²) >= 11 is 0. The first-order chi connectivity index (χ1) is 32.6. The highest BCUT2D eigenvalue weighted by atomic mass is 35.5. The summed E-state index contributed by atoms with van der Waals surface area (Å²) in [6.07, 6.45) is 7.85. The Labute approximate surface area is 426 Å². The zero-order chi connectivity index (χ0) is 52.1. The van der Waals surface area contributed by atoms with E-state index in [0.29, 0.717) is 41.1 Å². The van der Waals surface area contributed by atoms with E-state index in [-0.39, 0.29) is 60.7 Å². The smallest absolute Gasteiger partial charge is 0.337 e. The lowest BCUT2D eigenvalue weighted by Crippen LogP contribution is -2.33. The summed E-state index contributed by atoms with van der Waals surface area (Å²) in [6.45, 7) is 16.8. The summed E-state index contributed by atoms with van der Waals surface area (Å²) in [5.74, 6) is 1.54. The minimum Gasteiger partial charge on any atom is -0.497 e. The van der Waals surface area contributed by atoms with Crippen LogP contribution < -0.4 is 10.5 Å². The van der Waals surface area contributed by atoms with E-state index in [9.17, 15) is 27.6 Å². The van der Waals surface area contributed by atoms with E-state index in [0.717, 1.165) is 42.2 Å². The number of ether oxygens (including phenoxy) is 4. The molecule has 0 saturated carbocycles. The number of carbonyl (C=O) groups is 4. The van der Waals surface area contributed by atoms with Gasteiger partial charge < -0.3 is 34.4 Å². The average molecular weight is 1010 g/mol. The van der Waals surface area contributed by atoms with E-state index in [1.165, 1.54) is 76.2 Å². The first-order valence-corrected chi connectivity index (χ1v) is 25.1. The second kappa shape index (κ2) is 35.1. The molecule has 4 aromatic rings. The van der Waals surface area contributed by atoms with Crippen molar-refractivity contribution >= 4 is 46.1 Å². The van der Waals surface area contributed by atoms with Gasteiger partial charge in [0.05, 0.1) is 44.0 Å². The second-order valence-electron chi connectivity index (χ2n) is 17.9. The van der Waals surface area contributed by atoms with Crippen LogP contribution in [0.3, 0.4) is 0 Å². The Morgan fingerprint density at radius 3 is 1.40 bits per heavy atom. The number of likely N-dealkylation sites (N-methyl/N-ethyl adjacent to an activating group) is 2. The van der Waals surface area contributed by atoms with Gasteiger partial charge in [-0.2, -0.15) is 4.31 Å². The van der Waals surface area contributed by atoms with Crippen LogP contribution >= 0.6 is 12.4 Å². The van der Waals surface area contributed by atoms with E-state index in [2.05, 4.69) is 61.4 Å². The largest absolute Gasteiger partial charge is 0.497 e. The maximum atomic E-state index is 13.1. The first-order valence-electron chi connectivity index (χ1n) is 23.6. The van der Waals surface area contributed by atoms with Crippen molar-refractivity contribution in [2.45, 2.75) is 112 Å². The van der Waals surface area contributed by atoms with Crippen LogP contribution in [0.1, 0.15) is 121 Å². The number of nitrogens with zero attached hydrogens (tertiary/aromatic N) is 2. The number of halogens is 1. The van der Waals surface area contributed by atoms with E-state index in [1.54, 1.807) is 57.2 Å². The fourth-order valence-corrected chi connectivity index (χ4v) is 8.35. The summed E-state index contributed by atoms with van der Waals surface area (Å²) in [5.41, 5.74) is 12.6. The van der Waals surface area contributed by atoms with E-state index in [4.69, 9.17) is 15.2 Å². The number of hydrogen-bond donors (Lipinski definition) is 1. The predicted molar refractivity (Wildman–Crippen MR) is 283 cm³/mol. The van der Waals surface area contributed by atoms with Gasteiger partial charge in [0.25, 0.3) is 0 Å². The fraction of sp³-hybridized carbons (Fsp3) is 0.491. The SMILES string of the molecule is CC(C)=O.COC(=O)c1ccc(CCCC(C)C)cc1.COC(=O)c1ccc(CCN)cc1.COc1cc(C)c(S(=O)(=O)N(C)CCOCC(=O)N(C)Cc2ccc(CCCC(C)C)cc2)c(C)c1.Cl. The molecule has 0 heterocycles. The summed E-state index contributed by atoms with van der Waals surface area (Å²) in [5, 5.41) is 0. The molecule has 0 atom stereocenters. The Balaban J connectivity index is 0.00000114. The third kappa shape index (κ3) is 25.7. The summed E-state index contributed by atoms with van der Waals surface area (Å²) in [7, 11) is 3.89. The maximum Gasteiger partial charge on any atom is 0.337 e. The molecule has 4 aromatic carbocycles. The molecule has 15 heteroatoms. The highest BCUT2D eigenvalue weighted by Crippen LogP contribution is 2.27. The Hall–Kier alpha value is -5.12. The number of benzene rings is 4. The van der Waals surface area contributed by atoms with Gasteiger partial charge in [-0.05, 0) is 148 Å². The molecular formula is C55H82ClN3O10S. The molecule has 70 heavy (non-hydrogen) atoms. The van der Waals surface area contributed by atoms with Crippen LogP contribution in [0.5, 0.6) is 5.75 Å². The molecule has 4 rings (SSSR count). The summed E-state index contributed by atoms with van der Waals surface area (Å²) in [6, 6.07) is 26.8. The van der Waals surface area contributed by atoms with Crippen molar-refractivity contribution in [1.29, 1.82) is 0 Å². The van der Waals surface area contributed by atoms with Crippen molar-refractivity contribution in [3.63, 3.8) is 0 Å². The first kappa shape index (κ1) is 64.9. The minimum absolute atomic E-state index is 0. The molecule has 0 aromatic heterocycles. The van der Waals surface area contributed by atoms with Gasteiger partial charge >= 0.3 is 11.9 Å². The quantitative estimate of drug-likeness (QED) is 0.0587. The van der Waals surface area contributed by atoms with E-state index < -0.39 is 10.0 Å². The van der Waals surface area contributed by atoms with Crippen molar-refractivity contribution in [3.8, 4) is 5.75 Å². The van der Waals surface area contributed by atoms with Crippen molar-refractivity contribution in [2.24, 2.45) is 17.6 Å². The highest BCUT2D eigenvalue weighted by molar-refractivity contribution is 7.89. The summed E-state index contributed by atoms with van der Waals surface area (Å²) in [4.78, 5) is 46.1. The van der Waals surface area contributed by atoms with Crippen LogP contribution in [0.4, 0.5) is 0 Å². The number of amides is 1. The van der Waals surface area contributed by atoms with Crippen LogP contribution in [0.25, 0.3) is 0 Å². The Morgan fingerprint density at radius 1 is 0.643 bits per heavy atom. The van der Waals surface area contributed by atoms with Gasteiger partial charge in [0.2, 0.25) is 15.9 Å². The van der Waals surface area contributed by atoms with Gasteiger partial charge in [-0.1, -0.05) is 89.1 Å². The third-order valence-corrected chi connectivity index (χ3v) is 12.8. The molecule has 0 aliphatic heterocycles. The van der Waals surface area contributed by atoms with Crippen LogP contribution in [0.15, 0.2) is 89.8 Å². The number of Topliss-reactive ketones (excluding diaryl/α,β-unsaturated/α-hetero) is 1. The maximum absolute atomic E-state index is 13.1. The number of sulfonamides is 1. The molecule has 0 spiro atoms. The lowest BCUT2D eigenvalue weighted by molar-refractivity contribution is -0.135. The normalized spacial score (nSPS) is 10.6. The van der Waals surface area contributed by atoms with Crippen LogP contribution in [-0.4, -0.2) is 103 Å². The summed E-state index contributed by atoms with van der Waals surface area (Å²) < 4.78 is 47.4. The number of rotatable bonds is 22. The zero-order valence-corrected chi connectivity index (χ0v) is 45.7. The molecule has 2 N–H and O–H groups in total. The van der Waals surface area contributed by atoms with Crippen LogP contribution in [0, 0.1) is 25.7 Å². The molecule has 0 fully saturated rings. The molecular weight excluding hydrogens is 930 g/mol. The number of methoxy groups -OCH3 is 3. The standard InChI is InChI=1S/C28H42N2O5S.C14H20O2.C10H13NO2.C3H6O.ClH/c1-21(2)9-8-10-24-11-13-25(14-12-24)19-29(5)27(31)20-35-16-15-30(6)36(32,33)28-22(3)17-26(34-7)18-23(28)4;1-11(2)5-4-6-12-7-9-13(10-8-12)14(15)16-3;1-13-10(12)9-4-2-8(3-5-9)6-7-11;1-3(2)4;/h11-14,17-18,21H,8-10,15-16,19-20H2,1-7H3;7-11H,4-6H2,1-3H3;2-5H,6-7,11H2,1H3;1-2H3;1H. The predicted octanol–water partition coefficient (Wildman–Crippen LogP) is 10.0. The average Bonchev–Trinajstić information content (AvgIpc) is 3.30. The third-order valence-electron chi connectivity index (χ3n) is 10.7. The number of esters is 2. The van der Waals surface area contributed by atoms with Gasteiger partial charge in [0, 0.05) is 27.2 Å². The number of aryl methyl sites for hydroxylation is 4. The monoisotopic (exact) mass is 1010 g/mol. The number of hydrogen-bond acceptors (Lipinski definition) is 11. The van der Waals surface area contributed by atoms with E-state index >= 15 is 0 Å². The van der Waals surface area contributed by atoms with E-state index in [1.807, 2.05) is 36.4 Å². The molecule has 0 radical (unpaired) electrons. The molecule has 0 aliphatic rings. The van der Waals surface area contributed by atoms with Crippen LogP contribution in [-0.2, 0) is 59.6 Å². The molecule has 1 amide bonds. The van der Waals surface area contributed by atoms with Gasteiger partial charge in [-0.15, -0.1) is 12.4 Å². The number of carbonyl (C=O) groups excluding carboxylic acids is 4. The van der Waals surface area contributed by atoms with Crippen LogP contribution in [0.2, 0.25) is 0 Å². The van der Waals surface area contributed by atoms with Gasteiger partial charge in [0.1, 0.15) is 18.1 Å². The number of ketones is 1. The van der Waals surface area contributed by atoms with Crippen molar-refractivity contribution in [1.82, 2.24) is 9.21 Å². The fourth-order valence-electron chi connectivity index (χ4n) is 6.79. The lowest BCUT2D eigenvalue weighted by atomic mass is 10.0.